The number of alkyl halides is 2. The van der Waals surface area contributed by atoms with Crippen molar-refractivity contribution in [2.45, 2.75) is 6.43 Å². The molecular formula is C7H2F2I2N2. The molecule has 0 spiro atoms. The zero-order valence-electron chi connectivity index (χ0n) is 6.06. The van der Waals surface area contributed by atoms with Crippen LogP contribution in [0.1, 0.15) is 17.7 Å². The predicted octanol–water partition coefficient (Wildman–Crippen LogP) is 3.10. The Morgan fingerprint density at radius 3 is 2.54 bits per heavy atom. The van der Waals surface area contributed by atoms with Gasteiger partial charge in [0.2, 0.25) is 0 Å². The maximum absolute atomic E-state index is 12.3. The van der Waals surface area contributed by atoms with Crippen molar-refractivity contribution < 1.29 is 8.78 Å². The van der Waals surface area contributed by atoms with E-state index in [1.807, 2.05) is 45.2 Å². The standard InChI is InChI=1S/C7H2F2I2N2/c8-7(9)6-3(1-12)5(11)4(10)2-13-6/h2,7H. The Labute approximate surface area is 101 Å². The molecule has 0 aromatic carbocycles. The molecule has 0 N–H and O–H groups in total. The second-order valence-electron chi connectivity index (χ2n) is 2.09. The molecule has 68 valence electrons. The smallest absolute Gasteiger partial charge is 0.253 e. The third kappa shape index (κ3) is 2.25. The van der Waals surface area contributed by atoms with E-state index in [1.165, 1.54) is 6.20 Å². The first kappa shape index (κ1) is 11.0. The summed E-state index contributed by atoms with van der Waals surface area (Å²) in [6, 6.07) is 1.73. The van der Waals surface area contributed by atoms with E-state index in [2.05, 4.69) is 4.98 Å². The largest absolute Gasteiger partial charge is 0.281 e. The van der Waals surface area contributed by atoms with E-state index in [1.54, 1.807) is 6.07 Å². The van der Waals surface area contributed by atoms with Gasteiger partial charge in [0.05, 0.1) is 5.56 Å². The lowest BCUT2D eigenvalue weighted by atomic mass is 10.2. The molecule has 0 saturated carbocycles. The van der Waals surface area contributed by atoms with Gasteiger partial charge in [0.25, 0.3) is 6.43 Å². The SMILES string of the molecule is N#Cc1c(C(F)F)ncc(I)c1I. The van der Waals surface area contributed by atoms with Crippen molar-refractivity contribution in [2.24, 2.45) is 0 Å². The molecule has 0 radical (unpaired) electrons. The van der Waals surface area contributed by atoms with Crippen molar-refractivity contribution >= 4 is 45.2 Å². The number of pyridine rings is 1. The molecule has 0 unspecified atom stereocenters. The molecule has 6 heteroatoms. The van der Waals surface area contributed by atoms with E-state index in [4.69, 9.17) is 5.26 Å². The molecule has 13 heavy (non-hydrogen) atoms. The van der Waals surface area contributed by atoms with Gasteiger partial charge in [-0.05, 0) is 45.2 Å². The highest BCUT2D eigenvalue weighted by Crippen LogP contribution is 2.26. The summed E-state index contributed by atoms with van der Waals surface area (Å²) >= 11 is 3.81. The molecule has 1 heterocycles. The van der Waals surface area contributed by atoms with Crippen molar-refractivity contribution in [3.8, 4) is 6.07 Å². The first-order valence-corrected chi connectivity index (χ1v) is 5.25. The minimum atomic E-state index is -2.69. The highest BCUT2D eigenvalue weighted by atomic mass is 127. The minimum absolute atomic E-state index is 0.0255. The van der Waals surface area contributed by atoms with Crippen LogP contribution in [-0.2, 0) is 0 Å². The summed E-state index contributed by atoms with van der Waals surface area (Å²) in [4.78, 5) is 3.52. The van der Waals surface area contributed by atoms with Gasteiger partial charge < -0.3 is 0 Å². The predicted molar refractivity (Wildman–Crippen MR) is 59.3 cm³/mol. The maximum Gasteiger partial charge on any atom is 0.281 e. The Morgan fingerprint density at radius 1 is 1.46 bits per heavy atom. The molecule has 0 aliphatic carbocycles. The van der Waals surface area contributed by atoms with Gasteiger partial charge in [-0.1, -0.05) is 0 Å². The summed E-state index contributed by atoms with van der Waals surface area (Å²) in [6.07, 6.45) is -1.36. The van der Waals surface area contributed by atoms with E-state index in [0.29, 0.717) is 7.14 Å². The second kappa shape index (κ2) is 4.45. The summed E-state index contributed by atoms with van der Waals surface area (Å²) in [7, 11) is 0. The van der Waals surface area contributed by atoms with Crippen LogP contribution in [0, 0.1) is 18.5 Å². The lowest BCUT2D eigenvalue weighted by molar-refractivity contribution is 0.145. The van der Waals surface area contributed by atoms with Crippen LogP contribution in [0.25, 0.3) is 0 Å². The molecule has 0 saturated heterocycles. The highest BCUT2D eigenvalue weighted by Gasteiger charge is 2.18. The molecule has 1 aromatic heterocycles. The van der Waals surface area contributed by atoms with E-state index in [-0.39, 0.29) is 5.56 Å². The van der Waals surface area contributed by atoms with Gasteiger partial charge in [-0.15, -0.1) is 0 Å². The number of rotatable bonds is 1. The molecular weight excluding hydrogens is 404 g/mol. The van der Waals surface area contributed by atoms with Gasteiger partial charge in [-0.2, -0.15) is 5.26 Å². The van der Waals surface area contributed by atoms with Crippen LogP contribution in [0.5, 0.6) is 0 Å². The van der Waals surface area contributed by atoms with E-state index in [9.17, 15) is 8.78 Å². The summed E-state index contributed by atoms with van der Waals surface area (Å²) in [5.41, 5.74) is -0.463. The molecule has 0 bridgehead atoms. The normalized spacial score (nSPS) is 10.2. The van der Waals surface area contributed by atoms with E-state index < -0.39 is 12.1 Å². The van der Waals surface area contributed by atoms with Crippen LogP contribution in [-0.4, -0.2) is 4.98 Å². The van der Waals surface area contributed by atoms with Gasteiger partial charge in [0, 0.05) is 13.3 Å². The molecule has 1 rings (SSSR count). The number of nitriles is 1. The lowest BCUT2D eigenvalue weighted by Gasteiger charge is -2.04. The third-order valence-corrected chi connectivity index (χ3v) is 4.29. The molecule has 2 nitrogen and oxygen atoms in total. The van der Waals surface area contributed by atoms with Crippen LogP contribution in [0.3, 0.4) is 0 Å². The monoisotopic (exact) mass is 406 g/mol. The van der Waals surface area contributed by atoms with Crippen molar-refractivity contribution in [1.29, 1.82) is 5.26 Å². The number of hydrogen-bond donors (Lipinski definition) is 0. The average molecular weight is 406 g/mol. The summed E-state index contributed by atoms with van der Waals surface area (Å²) < 4.78 is 25.9. The van der Waals surface area contributed by atoms with Gasteiger partial charge in [-0.3, -0.25) is 4.98 Å². The van der Waals surface area contributed by atoms with E-state index >= 15 is 0 Å². The zero-order chi connectivity index (χ0) is 10.0. The van der Waals surface area contributed by atoms with Gasteiger partial charge >= 0.3 is 0 Å². The number of aromatic nitrogens is 1. The number of hydrogen-bond acceptors (Lipinski definition) is 2. The topological polar surface area (TPSA) is 36.7 Å². The zero-order valence-corrected chi connectivity index (χ0v) is 10.4. The van der Waals surface area contributed by atoms with Crippen LogP contribution in [0.4, 0.5) is 8.78 Å². The van der Waals surface area contributed by atoms with Crippen molar-refractivity contribution in [3.63, 3.8) is 0 Å². The van der Waals surface area contributed by atoms with Crippen molar-refractivity contribution in [1.82, 2.24) is 4.98 Å². The summed E-state index contributed by atoms with van der Waals surface area (Å²) in [5.74, 6) is 0. The average Bonchev–Trinajstić information content (AvgIpc) is 2.09. The Morgan fingerprint density at radius 2 is 2.08 bits per heavy atom. The van der Waals surface area contributed by atoms with Crippen LogP contribution < -0.4 is 0 Å². The Hall–Kier alpha value is -0.0400. The maximum atomic E-state index is 12.3. The lowest BCUT2D eigenvalue weighted by Crippen LogP contribution is -1.99. The molecule has 0 fully saturated rings. The molecule has 0 aliphatic heterocycles. The van der Waals surface area contributed by atoms with Crippen LogP contribution in [0.15, 0.2) is 6.20 Å². The van der Waals surface area contributed by atoms with Gasteiger partial charge in [0.15, 0.2) is 0 Å². The third-order valence-electron chi connectivity index (χ3n) is 1.32. The quantitative estimate of drug-likeness (QED) is 0.673. The first-order chi connectivity index (χ1) is 6.07. The Kier molecular flexibility index (Phi) is 3.78. The molecule has 0 aliphatic rings. The van der Waals surface area contributed by atoms with Gasteiger partial charge in [0.1, 0.15) is 11.8 Å². The first-order valence-electron chi connectivity index (χ1n) is 3.10. The molecule has 1 aromatic rings. The fourth-order valence-electron chi connectivity index (χ4n) is 0.751. The van der Waals surface area contributed by atoms with Crippen LogP contribution in [0.2, 0.25) is 0 Å². The Balaban J connectivity index is 3.41. The highest BCUT2D eigenvalue weighted by molar-refractivity contribution is 14.1. The molecule has 0 atom stereocenters. The summed E-state index contributed by atoms with van der Waals surface area (Å²) in [5, 5.41) is 8.64. The fourth-order valence-corrected chi connectivity index (χ4v) is 1.70. The van der Waals surface area contributed by atoms with Gasteiger partial charge in [-0.25, -0.2) is 8.78 Å². The molecule has 0 amide bonds. The minimum Gasteiger partial charge on any atom is -0.253 e. The Bertz CT molecular complexity index is 373. The fraction of sp³-hybridized carbons (Fsp3) is 0.143. The second-order valence-corrected chi connectivity index (χ2v) is 4.33. The van der Waals surface area contributed by atoms with Crippen molar-refractivity contribution in [3.05, 3.63) is 24.6 Å². The van der Waals surface area contributed by atoms with E-state index in [0.717, 1.165) is 0 Å². The number of halogens is 4. The van der Waals surface area contributed by atoms with Crippen LogP contribution >= 0.6 is 45.2 Å². The van der Waals surface area contributed by atoms with Crippen molar-refractivity contribution in [2.75, 3.05) is 0 Å². The number of nitrogens with zero attached hydrogens (tertiary/aromatic N) is 2. The summed E-state index contributed by atoms with van der Waals surface area (Å²) in [6.45, 7) is 0.